The van der Waals surface area contributed by atoms with Crippen LogP contribution in [0.2, 0.25) is 0 Å². The van der Waals surface area contributed by atoms with Gasteiger partial charge in [-0.1, -0.05) is 48.6 Å². The van der Waals surface area contributed by atoms with Gasteiger partial charge >= 0.3 is 0 Å². The summed E-state index contributed by atoms with van der Waals surface area (Å²) in [5.41, 5.74) is 1.77. The van der Waals surface area contributed by atoms with E-state index in [-0.39, 0.29) is 35.5 Å². The van der Waals surface area contributed by atoms with Gasteiger partial charge in [-0.3, -0.25) is 9.59 Å². The molecule has 1 heterocycles. The highest BCUT2D eigenvalue weighted by atomic mass is 16.2. The molecule has 1 saturated heterocycles. The molecule has 4 atom stereocenters. The molecule has 4 aliphatic rings. The van der Waals surface area contributed by atoms with Crippen LogP contribution in [0.4, 0.5) is 5.69 Å². The predicted octanol–water partition coefficient (Wildman–Crippen LogP) is 3.85. The Morgan fingerprint density at radius 3 is 2.12 bits per heavy atom. The van der Waals surface area contributed by atoms with Crippen molar-refractivity contribution in [2.24, 2.45) is 23.7 Å². The number of carbonyl (C=O) groups excluding carboxylic acids is 2. The molecule has 2 fully saturated rings. The highest BCUT2D eigenvalue weighted by Crippen LogP contribution is 2.51. The maximum atomic E-state index is 13.2. The van der Waals surface area contributed by atoms with E-state index in [1.165, 1.54) is 4.90 Å². The van der Waals surface area contributed by atoms with Crippen molar-refractivity contribution in [1.29, 1.82) is 0 Å². The smallest absolute Gasteiger partial charge is 0.238 e. The van der Waals surface area contributed by atoms with Crippen LogP contribution in [0.25, 0.3) is 10.8 Å². The van der Waals surface area contributed by atoms with Crippen molar-refractivity contribution in [2.75, 3.05) is 4.90 Å². The molecule has 2 amide bonds. The third-order valence-corrected chi connectivity index (χ3v) is 6.09. The van der Waals surface area contributed by atoms with Crippen LogP contribution in [-0.4, -0.2) is 11.8 Å². The predicted molar refractivity (Wildman–Crippen MR) is 93.5 cm³/mol. The van der Waals surface area contributed by atoms with Gasteiger partial charge in [-0.25, -0.2) is 4.90 Å². The van der Waals surface area contributed by atoms with E-state index in [4.69, 9.17) is 0 Å². The van der Waals surface area contributed by atoms with E-state index < -0.39 is 0 Å². The molecule has 0 aromatic heterocycles. The van der Waals surface area contributed by atoms with Crippen molar-refractivity contribution in [3.8, 4) is 0 Å². The molecule has 0 spiro atoms. The quantitative estimate of drug-likeness (QED) is 0.592. The number of carbonyl (C=O) groups is 2. The number of fused-ring (bicyclic) bond motifs is 2. The molecule has 3 nitrogen and oxygen atoms in total. The molecule has 0 radical (unpaired) electrons. The second-order valence-electron chi connectivity index (χ2n) is 7.31. The summed E-state index contributed by atoms with van der Waals surface area (Å²) in [6.45, 7) is 1.98. The van der Waals surface area contributed by atoms with E-state index in [1.54, 1.807) is 0 Å². The minimum atomic E-state index is -0.153. The molecule has 2 aromatic carbocycles. The van der Waals surface area contributed by atoms with Crippen molar-refractivity contribution in [3.05, 3.63) is 54.1 Å². The molecule has 4 unspecified atom stereocenters. The van der Waals surface area contributed by atoms with Crippen molar-refractivity contribution in [1.82, 2.24) is 0 Å². The summed E-state index contributed by atoms with van der Waals surface area (Å²) < 4.78 is 0. The Hall–Kier alpha value is -2.42. The standard InChI is InChI=1S/C21H19NO2/c1-12-6-7-13-4-2-3-5-16(13)19(12)22-20(23)17-14-8-9-15(11-10-14)18(17)21(22)24/h2-9,14-15,17-18H,10-11H2,1H3. The lowest BCUT2D eigenvalue weighted by Crippen LogP contribution is -2.38. The largest absolute Gasteiger partial charge is 0.274 e. The molecule has 1 aliphatic heterocycles. The van der Waals surface area contributed by atoms with Crippen LogP contribution in [0, 0.1) is 30.6 Å². The van der Waals surface area contributed by atoms with Crippen LogP contribution in [0.5, 0.6) is 0 Å². The van der Waals surface area contributed by atoms with Gasteiger partial charge in [-0.05, 0) is 42.6 Å². The number of benzene rings is 2. The zero-order valence-corrected chi connectivity index (χ0v) is 13.6. The van der Waals surface area contributed by atoms with Gasteiger partial charge in [0.05, 0.1) is 17.5 Å². The van der Waals surface area contributed by atoms with Crippen LogP contribution >= 0.6 is 0 Å². The van der Waals surface area contributed by atoms with Crippen molar-refractivity contribution >= 4 is 28.3 Å². The fourth-order valence-corrected chi connectivity index (χ4v) is 4.96. The van der Waals surface area contributed by atoms with Gasteiger partial charge in [0, 0.05) is 5.39 Å². The van der Waals surface area contributed by atoms with Crippen LogP contribution < -0.4 is 4.90 Å². The third-order valence-electron chi connectivity index (χ3n) is 6.09. The lowest BCUT2D eigenvalue weighted by atomic mass is 9.63. The lowest BCUT2D eigenvalue weighted by Gasteiger charge is -2.38. The van der Waals surface area contributed by atoms with Gasteiger partial charge in [-0.2, -0.15) is 0 Å². The minimum absolute atomic E-state index is 0.00324. The van der Waals surface area contributed by atoms with Crippen molar-refractivity contribution < 1.29 is 9.59 Å². The Morgan fingerprint density at radius 1 is 0.875 bits per heavy atom. The maximum Gasteiger partial charge on any atom is 0.238 e. The summed E-state index contributed by atoms with van der Waals surface area (Å²) >= 11 is 0. The number of rotatable bonds is 1. The average molecular weight is 317 g/mol. The topological polar surface area (TPSA) is 37.4 Å². The van der Waals surface area contributed by atoms with Crippen molar-refractivity contribution in [2.45, 2.75) is 19.8 Å². The molecule has 1 saturated carbocycles. The van der Waals surface area contributed by atoms with E-state index in [2.05, 4.69) is 18.2 Å². The number of hydrogen-bond acceptors (Lipinski definition) is 2. The molecule has 0 N–H and O–H groups in total. The Kier molecular flexibility index (Phi) is 2.79. The summed E-state index contributed by atoms with van der Waals surface area (Å²) in [6.07, 6.45) is 6.40. The molecule has 3 heteroatoms. The first-order chi connectivity index (χ1) is 11.7. The average Bonchev–Trinajstić information content (AvgIpc) is 2.90. The highest BCUT2D eigenvalue weighted by molar-refractivity contribution is 6.25. The summed E-state index contributed by atoms with van der Waals surface area (Å²) in [7, 11) is 0. The van der Waals surface area contributed by atoms with E-state index in [9.17, 15) is 9.59 Å². The Morgan fingerprint density at radius 2 is 1.50 bits per heavy atom. The first-order valence-corrected chi connectivity index (χ1v) is 8.71. The normalized spacial score (nSPS) is 31.1. The highest BCUT2D eigenvalue weighted by Gasteiger charge is 2.57. The van der Waals surface area contributed by atoms with E-state index in [0.29, 0.717) is 0 Å². The SMILES string of the molecule is Cc1ccc2ccccc2c1N1C(=O)C2C3C=CC(CC3)C2C1=O. The van der Waals surface area contributed by atoms with E-state index >= 15 is 0 Å². The summed E-state index contributed by atoms with van der Waals surface area (Å²) in [6, 6.07) is 12.0. The number of anilines is 1. The zero-order valence-electron chi connectivity index (χ0n) is 13.6. The number of aryl methyl sites for hydroxylation is 1. The second kappa shape index (κ2) is 4.79. The molecule has 2 aromatic rings. The van der Waals surface area contributed by atoms with E-state index in [1.807, 2.05) is 37.3 Å². The number of nitrogens with zero attached hydrogens (tertiary/aromatic N) is 1. The Labute approximate surface area is 141 Å². The summed E-state index contributed by atoms with van der Waals surface area (Å²) in [5, 5.41) is 2.05. The summed E-state index contributed by atoms with van der Waals surface area (Å²) in [4.78, 5) is 27.9. The molecular formula is C21H19NO2. The second-order valence-corrected chi connectivity index (χ2v) is 7.31. The van der Waals surface area contributed by atoms with Crippen LogP contribution in [0.3, 0.4) is 0 Å². The lowest BCUT2D eigenvalue weighted by molar-refractivity contribution is -0.124. The molecule has 24 heavy (non-hydrogen) atoms. The number of imide groups is 1. The van der Waals surface area contributed by atoms with Crippen molar-refractivity contribution in [3.63, 3.8) is 0 Å². The molecular weight excluding hydrogens is 298 g/mol. The van der Waals surface area contributed by atoms with Crippen LogP contribution in [-0.2, 0) is 9.59 Å². The van der Waals surface area contributed by atoms with E-state index in [0.717, 1.165) is 34.9 Å². The van der Waals surface area contributed by atoms with Crippen LogP contribution in [0.1, 0.15) is 18.4 Å². The van der Waals surface area contributed by atoms with Gasteiger partial charge in [0.2, 0.25) is 11.8 Å². The van der Waals surface area contributed by atoms with Gasteiger partial charge in [0.15, 0.2) is 0 Å². The number of hydrogen-bond donors (Lipinski definition) is 0. The Bertz CT molecular complexity index is 881. The fraction of sp³-hybridized carbons (Fsp3) is 0.333. The molecule has 6 rings (SSSR count). The first-order valence-electron chi connectivity index (χ1n) is 8.71. The summed E-state index contributed by atoms with van der Waals surface area (Å²) in [5.74, 6) is 0.166. The maximum absolute atomic E-state index is 13.2. The zero-order chi connectivity index (χ0) is 16.4. The molecule has 3 aliphatic carbocycles. The van der Waals surface area contributed by atoms with Gasteiger partial charge in [-0.15, -0.1) is 0 Å². The van der Waals surface area contributed by atoms with Crippen LogP contribution in [0.15, 0.2) is 48.6 Å². The number of allylic oxidation sites excluding steroid dienone is 2. The monoisotopic (exact) mass is 317 g/mol. The van der Waals surface area contributed by atoms with Gasteiger partial charge in [0.1, 0.15) is 0 Å². The van der Waals surface area contributed by atoms with Gasteiger partial charge < -0.3 is 0 Å². The fourth-order valence-electron chi connectivity index (χ4n) is 4.96. The molecule has 120 valence electrons. The molecule has 2 bridgehead atoms. The third kappa shape index (κ3) is 1.67. The Balaban J connectivity index is 1.70. The van der Waals surface area contributed by atoms with Gasteiger partial charge in [0.25, 0.3) is 0 Å². The minimum Gasteiger partial charge on any atom is -0.274 e. The first kappa shape index (κ1) is 14.0. The number of amides is 2.